The largest absolute Gasteiger partial charge is 0.459 e. The summed E-state index contributed by atoms with van der Waals surface area (Å²) in [5, 5.41) is 0. The zero-order valence-corrected chi connectivity index (χ0v) is 19.6. The molecule has 2 rings (SSSR count). The van der Waals surface area contributed by atoms with Crippen LogP contribution in [0.1, 0.15) is 11.1 Å². The molecule has 0 radical (unpaired) electrons. The second-order valence-corrected chi connectivity index (χ2v) is 9.61. The number of carbonyl (C=O) groups is 2. The van der Waals surface area contributed by atoms with E-state index >= 15 is 0 Å². The maximum absolute atomic E-state index is 12.4. The third-order valence-electron chi connectivity index (χ3n) is 4.45. The summed E-state index contributed by atoms with van der Waals surface area (Å²) in [6, 6.07) is 9.82. The second kappa shape index (κ2) is 11.5. The summed E-state index contributed by atoms with van der Waals surface area (Å²) in [5.41, 5.74) is 0.806. The van der Waals surface area contributed by atoms with E-state index in [0.29, 0.717) is 11.1 Å². The Bertz CT molecular complexity index is 1110. The fourth-order valence-corrected chi connectivity index (χ4v) is 3.64. The van der Waals surface area contributed by atoms with E-state index in [1.54, 1.807) is 0 Å². The van der Waals surface area contributed by atoms with Crippen molar-refractivity contribution in [1.82, 2.24) is 0 Å². The van der Waals surface area contributed by atoms with Gasteiger partial charge in [-0.25, -0.2) is 9.59 Å². The second-order valence-electron chi connectivity index (χ2n) is 6.77. The molecule has 0 bridgehead atoms. The van der Waals surface area contributed by atoms with Crippen LogP contribution in [0.3, 0.4) is 0 Å². The summed E-state index contributed by atoms with van der Waals surface area (Å²) in [6.45, 7) is -0.563. The van der Waals surface area contributed by atoms with Crippen LogP contribution in [0.5, 0.6) is 0 Å². The van der Waals surface area contributed by atoms with Crippen LogP contribution in [0.2, 0.25) is 0 Å². The van der Waals surface area contributed by atoms with Crippen molar-refractivity contribution in [3.8, 4) is 0 Å². The van der Waals surface area contributed by atoms with Crippen LogP contribution < -0.4 is 0 Å². The van der Waals surface area contributed by atoms with Crippen LogP contribution in [-0.4, -0.2) is 64.3 Å². The summed E-state index contributed by atoms with van der Waals surface area (Å²) in [4.78, 5) is 24.2. The first-order valence-electron chi connectivity index (χ1n) is 9.38. The van der Waals surface area contributed by atoms with E-state index in [4.69, 9.17) is 28.1 Å². The molecule has 14 heteroatoms. The van der Waals surface area contributed by atoms with Crippen molar-refractivity contribution in [1.29, 1.82) is 0 Å². The summed E-state index contributed by atoms with van der Waals surface area (Å²) in [5.74, 6) is -1.91. The van der Waals surface area contributed by atoms with Gasteiger partial charge in [0.1, 0.15) is 13.2 Å². The Hall–Kier alpha value is -2.88. The Morgan fingerprint density at radius 3 is 1.21 bits per heavy atom. The van der Waals surface area contributed by atoms with E-state index in [1.807, 2.05) is 0 Å². The van der Waals surface area contributed by atoms with Crippen molar-refractivity contribution in [2.75, 3.05) is 14.2 Å². The number of carbonyl (C=O) groups excluding carboxylic acids is 2. The highest BCUT2D eigenvalue weighted by Gasteiger charge is 2.37. The molecule has 0 fully saturated rings. The van der Waals surface area contributed by atoms with Crippen molar-refractivity contribution in [3.63, 3.8) is 0 Å². The van der Waals surface area contributed by atoms with E-state index in [1.165, 1.54) is 24.3 Å². The van der Waals surface area contributed by atoms with Gasteiger partial charge in [0.15, 0.2) is 12.2 Å². The van der Waals surface area contributed by atoms with Crippen LogP contribution in [-0.2, 0) is 62.0 Å². The maximum atomic E-state index is 12.4. The molecule has 12 nitrogen and oxygen atoms in total. The molecule has 34 heavy (non-hydrogen) atoms. The lowest BCUT2D eigenvalue weighted by molar-refractivity contribution is -0.179. The average Bonchev–Trinajstić information content (AvgIpc) is 2.78. The van der Waals surface area contributed by atoms with Gasteiger partial charge in [0, 0.05) is 14.2 Å². The summed E-state index contributed by atoms with van der Waals surface area (Å²) >= 11 is 0. The standard InChI is InChI=1S/C20H22O12S2/c1-29-17(19(21)31-11-13-3-7-15(8-4-13)33(23,24)25)18(30-2)20(22)32-12-14-5-9-16(10-6-14)34(26,27)28/h3-10,17-18H,11-12H2,1-2H3,(H,23,24,25)(H,26,27,28)/t17-,18-/m1/s1. The number of hydrogen-bond donors (Lipinski definition) is 2. The predicted molar refractivity (Wildman–Crippen MR) is 114 cm³/mol. The smallest absolute Gasteiger partial charge is 0.338 e. The minimum absolute atomic E-state index is 0.282. The van der Waals surface area contributed by atoms with Crippen molar-refractivity contribution in [3.05, 3.63) is 59.7 Å². The van der Waals surface area contributed by atoms with Gasteiger partial charge in [0.2, 0.25) is 0 Å². The van der Waals surface area contributed by atoms with Gasteiger partial charge in [-0.15, -0.1) is 0 Å². The van der Waals surface area contributed by atoms with E-state index < -0.39 is 44.4 Å². The molecule has 0 amide bonds. The lowest BCUT2D eigenvalue weighted by atomic mass is 10.2. The highest BCUT2D eigenvalue weighted by atomic mass is 32.2. The Labute approximate surface area is 195 Å². The number of benzene rings is 2. The molecule has 0 aliphatic rings. The van der Waals surface area contributed by atoms with Gasteiger partial charge in [-0.1, -0.05) is 24.3 Å². The zero-order valence-electron chi connectivity index (χ0n) is 18.0. The highest BCUT2D eigenvalue weighted by Crippen LogP contribution is 2.15. The SMILES string of the molecule is CO[C@@H](C(=O)OCc1ccc(S(=O)(=O)O)cc1)[C@@H](OC)C(=O)OCc1ccc(S(=O)(=O)O)cc1. The van der Waals surface area contributed by atoms with Crippen molar-refractivity contribution < 1.29 is 54.5 Å². The van der Waals surface area contributed by atoms with Gasteiger partial charge in [0.05, 0.1) is 9.79 Å². The Morgan fingerprint density at radius 1 is 0.676 bits per heavy atom. The molecular formula is C20H22O12S2. The molecule has 0 aliphatic carbocycles. The first-order chi connectivity index (χ1) is 15.9. The van der Waals surface area contributed by atoms with E-state index in [2.05, 4.69) is 0 Å². The fourth-order valence-electron chi connectivity index (χ4n) is 2.68. The van der Waals surface area contributed by atoms with Crippen LogP contribution >= 0.6 is 0 Å². The molecule has 0 heterocycles. The lowest BCUT2D eigenvalue weighted by Crippen LogP contribution is -2.44. The molecular weight excluding hydrogens is 496 g/mol. The topological polar surface area (TPSA) is 180 Å². The van der Waals surface area contributed by atoms with Crippen molar-refractivity contribution >= 4 is 32.2 Å². The van der Waals surface area contributed by atoms with Crippen LogP contribution in [0.4, 0.5) is 0 Å². The molecule has 2 aromatic rings. The molecule has 2 atom stereocenters. The normalized spacial score (nSPS) is 13.6. The zero-order chi connectivity index (χ0) is 25.5. The van der Waals surface area contributed by atoms with Gasteiger partial charge in [-0.3, -0.25) is 9.11 Å². The van der Waals surface area contributed by atoms with E-state index in [9.17, 15) is 26.4 Å². The van der Waals surface area contributed by atoms with Gasteiger partial charge < -0.3 is 18.9 Å². The van der Waals surface area contributed by atoms with Crippen LogP contribution in [0.15, 0.2) is 58.3 Å². The fraction of sp³-hybridized carbons (Fsp3) is 0.300. The molecule has 0 saturated carbocycles. The number of ether oxygens (including phenoxy) is 4. The lowest BCUT2D eigenvalue weighted by Gasteiger charge is -2.22. The van der Waals surface area contributed by atoms with Crippen molar-refractivity contribution in [2.24, 2.45) is 0 Å². The first-order valence-corrected chi connectivity index (χ1v) is 12.3. The van der Waals surface area contributed by atoms with Gasteiger partial charge >= 0.3 is 11.9 Å². The molecule has 2 N–H and O–H groups in total. The Kier molecular flexibility index (Phi) is 9.26. The predicted octanol–water partition coefficient (Wildman–Crippen LogP) is 0.997. The van der Waals surface area contributed by atoms with Gasteiger partial charge in [0.25, 0.3) is 20.2 Å². The summed E-state index contributed by atoms with van der Waals surface area (Å²) in [6.07, 6.45) is -2.98. The van der Waals surface area contributed by atoms with Crippen LogP contribution in [0.25, 0.3) is 0 Å². The number of rotatable bonds is 11. The van der Waals surface area contributed by atoms with Crippen molar-refractivity contribution in [2.45, 2.75) is 35.2 Å². The monoisotopic (exact) mass is 518 g/mol. The van der Waals surface area contributed by atoms with Gasteiger partial charge in [-0.2, -0.15) is 16.8 Å². The quantitative estimate of drug-likeness (QED) is 0.319. The third kappa shape index (κ3) is 7.58. The first kappa shape index (κ1) is 27.4. The molecule has 0 unspecified atom stereocenters. The average molecular weight is 519 g/mol. The number of esters is 2. The van der Waals surface area contributed by atoms with E-state index in [-0.39, 0.29) is 23.0 Å². The Morgan fingerprint density at radius 2 is 0.971 bits per heavy atom. The Balaban J connectivity index is 1.98. The minimum Gasteiger partial charge on any atom is -0.459 e. The molecule has 2 aromatic carbocycles. The van der Waals surface area contributed by atoms with Gasteiger partial charge in [-0.05, 0) is 35.4 Å². The maximum Gasteiger partial charge on any atom is 0.338 e. The van der Waals surface area contributed by atoms with E-state index in [0.717, 1.165) is 38.5 Å². The number of methoxy groups -OCH3 is 2. The van der Waals surface area contributed by atoms with Crippen LogP contribution in [0, 0.1) is 0 Å². The molecule has 186 valence electrons. The molecule has 0 aliphatic heterocycles. The molecule has 0 spiro atoms. The minimum atomic E-state index is -4.36. The molecule has 0 aromatic heterocycles. The number of hydrogen-bond acceptors (Lipinski definition) is 10. The highest BCUT2D eigenvalue weighted by molar-refractivity contribution is 7.86. The summed E-state index contributed by atoms with van der Waals surface area (Å²) < 4.78 is 82.5. The molecule has 0 saturated heterocycles. The summed E-state index contributed by atoms with van der Waals surface area (Å²) in [7, 11) is -6.41. The third-order valence-corrected chi connectivity index (χ3v) is 6.19.